The first-order valence-electron chi connectivity index (χ1n) is 11.1. The van der Waals surface area contributed by atoms with Crippen molar-refractivity contribution in [2.24, 2.45) is 0 Å². The van der Waals surface area contributed by atoms with Crippen molar-refractivity contribution in [2.75, 3.05) is 0 Å². The molecule has 0 saturated carbocycles. The molecule has 0 amide bonds. The van der Waals surface area contributed by atoms with Gasteiger partial charge in [-0.05, 0) is 0 Å². The van der Waals surface area contributed by atoms with Gasteiger partial charge in [-0.3, -0.25) is 0 Å². The number of hydrogen-bond acceptors (Lipinski definition) is 2. The van der Waals surface area contributed by atoms with Crippen LogP contribution in [0.5, 0.6) is 0 Å². The first-order valence-corrected chi connectivity index (χ1v) is 13.5. The van der Waals surface area contributed by atoms with Crippen LogP contribution < -0.4 is 15.9 Å². The van der Waals surface area contributed by atoms with Crippen LogP contribution in [0.4, 0.5) is 0 Å². The molecule has 0 aromatic heterocycles. The Balaban J connectivity index is 2.16. The summed E-state index contributed by atoms with van der Waals surface area (Å²) in [4.78, 5) is 13.4. The minimum absolute atomic E-state index is 0.155. The molecule has 4 aromatic carbocycles. The van der Waals surface area contributed by atoms with Crippen molar-refractivity contribution in [1.82, 2.24) is 0 Å². The Morgan fingerprint density at radius 3 is 1.38 bits per heavy atom. The molecule has 0 radical (unpaired) electrons. The zero-order valence-electron chi connectivity index (χ0n) is 18.4. The number of carbonyl (C=O) groups is 1. The van der Waals surface area contributed by atoms with Crippen LogP contribution in [0, 0.1) is 0 Å². The summed E-state index contributed by atoms with van der Waals surface area (Å²) in [6, 6.07) is 41.4. The maximum atomic E-state index is 13.4. The SMILES string of the molecule is CCCC(=O)OP(Cc1ccccc1)(c1ccccc1)(c1ccccc1)c1ccccc1. The summed E-state index contributed by atoms with van der Waals surface area (Å²) in [5.74, 6) is -0.155. The van der Waals surface area contributed by atoms with Gasteiger partial charge in [-0.25, -0.2) is 0 Å². The zero-order chi connectivity index (χ0) is 22.3. The molecule has 32 heavy (non-hydrogen) atoms. The van der Waals surface area contributed by atoms with Gasteiger partial charge in [0.1, 0.15) is 0 Å². The van der Waals surface area contributed by atoms with E-state index in [0.29, 0.717) is 12.6 Å². The predicted molar refractivity (Wildman–Crippen MR) is 136 cm³/mol. The predicted octanol–water partition coefficient (Wildman–Crippen LogP) is 5.97. The molecule has 0 saturated heterocycles. The molecule has 3 heteroatoms. The third kappa shape index (κ3) is 3.87. The number of carbonyl (C=O) groups excluding carboxylic acids is 1. The Labute approximate surface area is 190 Å². The van der Waals surface area contributed by atoms with Gasteiger partial charge in [0.2, 0.25) is 0 Å². The summed E-state index contributed by atoms with van der Waals surface area (Å²) < 4.78 is 6.92. The Kier molecular flexibility index (Phi) is 6.53. The molecule has 0 bridgehead atoms. The van der Waals surface area contributed by atoms with E-state index in [1.807, 2.05) is 67.6 Å². The summed E-state index contributed by atoms with van der Waals surface area (Å²) in [5.41, 5.74) is 1.14. The third-order valence-corrected chi connectivity index (χ3v) is 11.7. The van der Waals surface area contributed by atoms with Crippen molar-refractivity contribution in [3.63, 3.8) is 0 Å². The number of benzene rings is 4. The van der Waals surface area contributed by atoms with E-state index >= 15 is 0 Å². The number of hydrogen-bond donors (Lipinski definition) is 0. The van der Waals surface area contributed by atoms with Gasteiger partial charge in [-0.15, -0.1) is 0 Å². The molecule has 0 aliphatic rings. The summed E-state index contributed by atoms with van der Waals surface area (Å²) in [6.45, 7) is -1.68. The second kappa shape index (κ2) is 9.51. The maximum absolute atomic E-state index is 13.4. The molecule has 0 aliphatic carbocycles. The topological polar surface area (TPSA) is 26.3 Å². The van der Waals surface area contributed by atoms with Gasteiger partial charge < -0.3 is 0 Å². The van der Waals surface area contributed by atoms with E-state index in [2.05, 4.69) is 60.7 Å². The van der Waals surface area contributed by atoms with Gasteiger partial charge in [0, 0.05) is 0 Å². The van der Waals surface area contributed by atoms with Crippen molar-refractivity contribution >= 4 is 28.7 Å². The average molecular weight is 441 g/mol. The molecule has 2 nitrogen and oxygen atoms in total. The zero-order valence-corrected chi connectivity index (χ0v) is 19.3. The molecule has 0 unspecified atom stereocenters. The Morgan fingerprint density at radius 2 is 1.00 bits per heavy atom. The van der Waals surface area contributed by atoms with Gasteiger partial charge in [0.15, 0.2) is 0 Å². The molecule has 0 N–H and O–H groups in total. The molecular weight excluding hydrogens is 411 g/mol. The second-order valence-corrected chi connectivity index (χ2v) is 12.5. The van der Waals surface area contributed by atoms with Crippen molar-refractivity contribution < 1.29 is 9.32 Å². The summed E-state index contributed by atoms with van der Waals surface area (Å²) >= 11 is 0. The van der Waals surface area contributed by atoms with Crippen LogP contribution >= 0.6 is 6.83 Å². The van der Waals surface area contributed by atoms with Crippen LogP contribution in [-0.2, 0) is 15.5 Å². The molecule has 0 heterocycles. The van der Waals surface area contributed by atoms with E-state index in [0.717, 1.165) is 27.9 Å². The van der Waals surface area contributed by atoms with Crippen LogP contribution in [0.2, 0.25) is 0 Å². The quantitative estimate of drug-likeness (QED) is 0.315. The normalized spacial score (nSPS) is 12.5. The summed E-state index contributed by atoms with van der Waals surface area (Å²) in [5, 5.41) is 3.18. The van der Waals surface area contributed by atoms with Gasteiger partial charge >= 0.3 is 191 Å². The molecule has 4 rings (SSSR count). The van der Waals surface area contributed by atoms with Crippen molar-refractivity contribution in [3.8, 4) is 0 Å². The molecular formula is C29H29O2P. The number of rotatable bonds is 8. The van der Waals surface area contributed by atoms with Crippen molar-refractivity contribution in [1.29, 1.82) is 0 Å². The van der Waals surface area contributed by atoms with Crippen molar-refractivity contribution in [3.05, 3.63) is 127 Å². The molecule has 0 spiro atoms. The Bertz CT molecular complexity index is 1040. The molecule has 162 valence electrons. The van der Waals surface area contributed by atoms with Crippen LogP contribution in [0.1, 0.15) is 25.3 Å². The van der Waals surface area contributed by atoms with Crippen LogP contribution in [0.15, 0.2) is 121 Å². The van der Waals surface area contributed by atoms with E-state index in [4.69, 9.17) is 4.52 Å². The van der Waals surface area contributed by atoms with Gasteiger partial charge in [0.25, 0.3) is 0 Å². The Morgan fingerprint density at radius 1 is 0.625 bits per heavy atom. The van der Waals surface area contributed by atoms with Gasteiger partial charge in [-0.1, -0.05) is 0 Å². The van der Waals surface area contributed by atoms with Crippen molar-refractivity contribution in [2.45, 2.75) is 25.9 Å². The van der Waals surface area contributed by atoms with E-state index in [1.165, 1.54) is 0 Å². The summed E-state index contributed by atoms with van der Waals surface area (Å²) in [7, 11) is 0. The molecule has 0 aliphatic heterocycles. The first kappa shape index (κ1) is 22.0. The van der Waals surface area contributed by atoms with Crippen LogP contribution in [0.25, 0.3) is 0 Å². The molecule has 0 atom stereocenters. The van der Waals surface area contributed by atoms with E-state index < -0.39 is 6.83 Å². The molecule has 0 fully saturated rings. The van der Waals surface area contributed by atoms with E-state index in [1.54, 1.807) is 0 Å². The average Bonchev–Trinajstić information content (AvgIpc) is 2.86. The fourth-order valence-electron chi connectivity index (χ4n) is 4.55. The Hall–Kier alpha value is -3.22. The third-order valence-electron chi connectivity index (χ3n) is 5.99. The monoisotopic (exact) mass is 440 g/mol. The first-order chi connectivity index (χ1) is 15.7. The second-order valence-electron chi connectivity index (χ2n) is 8.08. The standard InChI is InChI=1S/C29H29O2P/c1-2-15-29(30)31-32(26-18-9-4-10-19-26,27-20-11-5-12-21-27,28-22-13-6-14-23-28)24-25-16-7-3-8-17-25/h3-14,16-23H,2,15,24H2,1H3. The van der Waals surface area contributed by atoms with Gasteiger partial charge in [0.05, 0.1) is 0 Å². The van der Waals surface area contributed by atoms with Crippen LogP contribution in [-0.4, -0.2) is 5.97 Å². The fraction of sp³-hybridized carbons (Fsp3) is 0.138. The van der Waals surface area contributed by atoms with Crippen LogP contribution in [0.3, 0.4) is 0 Å². The summed E-state index contributed by atoms with van der Waals surface area (Å²) in [6.07, 6.45) is 1.74. The fourth-order valence-corrected chi connectivity index (χ4v) is 10.2. The minimum atomic E-state index is -3.69. The van der Waals surface area contributed by atoms with Gasteiger partial charge in [-0.2, -0.15) is 0 Å². The van der Waals surface area contributed by atoms with E-state index in [9.17, 15) is 4.79 Å². The molecule has 4 aromatic rings. The van der Waals surface area contributed by atoms with E-state index in [-0.39, 0.29) is 5.97 Å².